The van der Waals surface area contributed by atoms with Gasteiger partial charge in [0.2, 0.25) is 0 Å². The van der Waals surface area contributed by atoms with Gasteiger partial charge in [-0.15, -0.1) is 0 Å². The number of nitrogens with zero attached hydrogens (tertiary/aromatic N) is 1. The summed E-state index contributed by atoms with van der Waals surface area (Å²) in [7, 11) is 2.28. The average Bonchev–Trinajstić information content (AvgIpc) is 2.42. The lowest BCUT2D eigenvalue weighted by molar-refractivity contribution is 0.163. The standard InChI is InChI=1S/C17H28N2/c1-14-7-9-17(10-8-14)19(2)13-16-6-4-3-5-15(16)11-12-18/h3-6,14,17H,7-13,18H2,1-2H3. The Morgan fingerprint density at radius 2 is 1.74 bits per heavy atom. The molecule has 1 aromatic carbocycles. The van der Waals surface area contributed by atoms with Crippen molar-refractivity contribution in [2.45, 2.75) is 51.6 Å². The van der Waals surface area contributed by atoms with Crippen LogP contribution in [0.5, 0.6) is 0 Å². The molecule has 1 saturated carbocycles. The Morgan fingerprint density at radius 1 is 1.11 bits per heavy atom. The van der Waals surface area contributed by atoms with Gasteiger partial charge in [0.05, 0.1) is 0 Å². The maximum atomic E-state index is 5.70. The first-order valence-electron chi connectivity index (χ1n) is 7.67. The number of rotatable bonds is 5. The predicted octanol–water partition coefficient (Wildman–Crippen LogP) is 3.20. The highest BCUT2D eigenvalue weighted by Gasteiger charge is 2.21. The molecule has 1 aliphatic rings. The van der Waals surface area contributed by atoms with E-state index in [1.807, 2.05) is 0 Å². The number of hydrogen-bond donors (Lipinski definition) is 1. The molecule has 0 radical (unpaired) electrons. The summed E-state index contributed by atoms with van der Waals surface area (Å²) >= 11 is 0. The molecule has 0 heterocycles. The van der Waals surface area contributed by atoms with Crippen LogP contribution in [0.2, 0.25) is 0 Å². The number of nitrogens with two attached hydrogens (primary N) is 1. The van der Waals surface area contributed by atoms with Gasteiger partial charge >= 0.3 is 0 Å². The van der Waals surface area contributed by atoms with Crippen LogP contribution in [-0.2, 0) is 13.0 Å². The van der Waals surface area contributed by atoms with E-state index in [0.717, 1.165) is 31.5 Å². The summed E-state index contributed by atoms with van der Waals surface area (Å²) in [5.41, 5.74) is 8.58. The van der Waals surface area contributed by atoms with Gasteiger partial charge in [0.1, 0.15) is 0 Å². The van der Waals surface area contributed by atoms with Crippen LogP contribution < -0.4 is 5.73 Å². The molecule has 2 N–H and O–H groups in total. The molecule has 0 unspecified atom stereocenters. The Morgan fingerprint density at radius 3 is 2.37 bits per heavy atom. The first-order chi connectivity index (χ1) is 9.20. The van der Waals surface area contributed by atoms with Crippen molar-refractivity contribution in [3.63, 3.8) is 0 Å². The molecule has 0 aromatic heterocycles. The summed E-state index contributed by atoms with van der Waals surface area (Å²) in [6.45, 7) is 4.18. The van der Waals surface area contributed by atoms with Crippen molar-refractivity contribution >= 4 is 0 Å². The molecule has 2 nitrogen and oxygen atoms in total. The molecule has 106 valence electrons. The minimum atomic E-state index is 0.738. The zero-order valence-electron chi connectivity index (χ0n) is 12.4. The van der Waals surface area contributed by atoms with Crippen LogP contribution in [0.3, 0.4) is 0 Å². The number of hydrogen-bond acceptors (Lipinski definition) is 2. The minimum absolute atomic E-state index is 0.738. The largest absolute Gasteiger partial charge is 0.330 e. The molecule has 0 aliphatic heterocycles. The van der Waals surface area contributed by atoms with Crippen molar-refractivity contribution in [2.75, 3.05) is 13.6 Å². The van der Waals surface area contributed by atoms with E-state index in [1.54, 1.807) is 0 Å². The van der Waals surface area contributed by atoms with E-state index in [1.165, 1.54) is 36.8 Å². The normalized spacial score (nSPS) is 23.8. The molecular weight excluding hydrogens is 232 g/mol. The third-order valence-corrected chi connectivity index (χ3v) is 4.56. The summed E-state index contributed by atoms with van der Waals surface area (Å²) in [5.74, 6) is 0.925. The fraction of sp³-hybridized carbons (Fsp3) is 0.647. The first-order valence-corrected chi connectivity index (χ1v) is 7.67. The van der Waals surface area contributed by atoms with Crippen molar-refractivity contribution in [1.82, 2.24) is 4.90 Å². The van der Waals surface area contributed by atoms with Crippen LogP contribution in [0.4, 0.5) is 0 Å². The fourth-order valence-electron chi connectivity index (χ4n) is 3.19. The smallest absolute Gasteiger partial charge is 0.0236 e. The molecule has 1 fully saturated rings. The highest BCUT2D eigenvalue weighted by molar-refractivity contribution is 5.27. The van der Waals surface area contributed by atoms with Crippen LogP contribution in [0, 0.1) is 5.92 Å². The Balaban J connectivity index is 1.96. The Bertz CT molecular complexity index is 381. The van der Waals surface area contributed by atoms with Crippen molar-refractivity contribution in [3.8, 4) is 0 Å². The molecule has 1 aromatic rings. The number of benzene rings is 1. The monoisotopic (exact) mass is 260 g/mol. The summed E-state index contributed by atoms with van der Waals surface area (Å²) in [6, 6.07) is 9.51. The van der Waals surface area contributed by atoms with Gasteiger partial charge in [-0.2, -0.15) is 0 Å². The van der Waals surface area contributed by atoms with Gasteiger partial charge < -0.3 is 5.73 Å². The average molecular weight is 260 g/mol. The summed E-state index contributed by atoms with van der Waals surface area (Å²) in [6.07, 6.45) is 6.48. The van der Waals surface area contributed by atoms with Crippen LogP contribution in [0.1, 0.15) is 43.7 Å². The van der Waals surface area contributed by atoms with Gasteiger partial charge in [-0.3, -0.25) is 4.90 Å². The van der Waals surface area contributed by atoms with Gasteiger partial charge in [0.25, 0.3) is 0 Å². The zero-order chi connectivity index (χ0) is 13.7. The minimum Gasteiger partial charge on any atom is -0.330 e. The highest BCUT2D eigenvalue weighted by Crippen LogP contribution is 2.27. The van der Waals surface area contributed by atoms with E-state index in [0.29, 0.717) is 0 Å². The summed E-state index contributed by atoms with van der Waals surface area (Å²) in [5, 5.41) is 0. The van der Waals surface area contributed by atoms with Crippen LogP contribution >= 0.6 is 0 Å². The quantitative estimate of drug-likeness (QED) is 0.881. The van der Waals surface area contributed by atoms with E-state index in [2.05, 4.69) is 43.1 Å². The molecule has 0 atom stereocenters. The molecule has 0 spiro atoms. The van der Waals surface area contributed by atoms with E-state index < -0.39 is 0 Å². The van der Waals surface area contributed by atoms with Crippen molar-refractivity contribution in [3.05, 3.63) is 35.4 Å². The Labute approximate surface area is 118 Å². The predicted molar refractivity (Wildman–Crippen MR) is 82.1 cm³/mol. The molecule has 2 rings (SSSR count). The topological polar surface area (TPSA) is 29.3 Å². The van der Waals surface area contributed by atoms with Crippen LogP contribution in [-0.4, -0.2) is 24.5 Å². The van der Waals surface area contributed by atoms with Crippen LogP contribution in [0.15, 0.2) is 24.3 Å². The van der Waals surface area contributed by atoms with Crippen LogP contribution in [0.25, 0.3) is 0 Å². The third kappa shape index (κ3) is 4.05. The van der Waals surface area contributed by atoms with Gasteiger partial charge in [0, 0.05) is 12.6 Å². The second-order valence-electron chi connectivity index (χ2n) is 6.14. The fourth-order valence-corrected chi connectivity index (χ4v) is 3.19. The SMILES string of the molecule is CC1CCC(N(C)Cc2ccccc2CCN)CC1. The van der Waals surface area contributed by atoms with Crippen molar-refractivity contribution in [1.29, 1.82) is 0 Å². The Hall–Kier alpha value is -0.860. The lowest BCUT2D eigenvalue weighted by Crippen LogP contribution is -2.34. The second-order valence-corrected chi connectivity index (χ2v) is 6.14. The maximum Gasteiger partial charge on any atom is 0.0236 e. The molecule has 1 aliphatic carbocycles. The maximum absolute atomic E-state index is 5.70. The Kier molecular flexibility index (Phi) is 5.41. The van der Waals surface area contributed by atoms with Gasteiger partial charge in [0.15, 0.2) is 0 Å². The first kappa shape index (κ1) is 14.5. The summed E-state index contributed by atoms with van der Waals surface area (Å²) < 4.78 is 0. The molecular formula is C17H28N2. The lowest BCUT2D eigenvalue weighted by Gasteiger charge is -2.34. The third-order valence-electron chi connectivity index (χ3n) is 4.56. The van der Waals surface area contributed by atoms with E-state index in [-0.39, 0.29) is 0 Å². The molecule has 0 saturated heterocycles. The molecule has 2 heteroatoms. The van der Waals surface area contributed by atoms with Crippen molar-refractivity contribution < 1.29 is 0 Å². The van der Waals surface area contributed by atoms with Gasteiger partial charge in [-0.25, -0.2) is 0 Å². The molecule has 0 bridgehead atoms. The molecule has 19 heavy (non-hydrogen) atoms. The van der Waals surface area contributed by atoms with Gasteiger partial charge in [-0.1, -0.05) is 31.2 Å². The van der Waals surface area contributed by atoms with Gasteiger partial charge in [-0.05, 0) is 62.7 Å². The molecule has 0 amide bonds. The van der Waals surface area contributed by atoms with E-state index in [4.69, 9.17) is 5.73 Å². The van der Waals surface area contributed by atoms with E-state index >= 15 is 0 Å². The van der Waals surface area contributed by atoms with Crippen molar-refractivity contribution in [2.24, 2.45) is 11.7 Å². The lowest BCUT2D eigenvalue weighted by atomic mass is 9.86. The zero-order valence-corrected chi connectivity index (χ0v) is 12.4. The summed E-state index contributed by atoms with van der Waals surface area (Å²) in [4.78, 5) is 2.54. The van der Waals surface area contributed by atoms with E-state index in [9.17, 15) is 0 Å². The highest BCUT2D eigenvalue weighted by atomic mass is 15.1. The second kappa shape index (κ2) is 7.06.